The second-order valence-electron chi connectivity index (χ2n) is 3.20. The summed E-state index contributed by atoms with van der Waals surface area (Å²) in [5.41, 5.74) is -0.739. The van der Waals surface area contributed by atoms with E-state index in [9.17, 15) is 14.9 Å². The molecule has 0 aliphatic heterocycles. The number of anilines is 1. The number of aliphatic hydroxyl groups excluding tert-OH is 1. The van der Waals surface area contributed by atoms with E-state index in [0.29, 0.717) is 6.42 Å². The highest BCUT2D eigenvalue weighted by atomic mass is 35.5. The van der Waals surface area contributed by atoms with Gasteiger partial charge in [-0.2, -0.15) is 0 Å². The van der Waals surface area contributed by atoms with Crippen LogP contribution in [0.5, 0.6) is 0 Å². The van der Waals surface area contributed by atoms with Crippen molar-refractivity contribution in [3.63, 3.8) is 0 Å². The molecule has 1 aromatic rings. The molecule has 0 radical (unpaired) electrons. The van der Waals surface area contributed by atoms with Crippen molar-refractivity contribution in [1.29, 1.82) is 0 Å². The Morgan fingerprint density at radius 2 is 2.29 bits per heavy atom. The molecule has 0 atom stereocenters. The van der Waals surface area contributed by atoms with E-state index >= 15 is 0 Å². The molecule has 1 aromatic heterocycles. The van der Waals surface area contributed by atoms with Crippen molar-refractivity contribution >= 4 is 23.1 Å². The summed E-state index contributed by atoms with van der Waals surface area (Å²) in [6.07, 6.45) is 0.378. The number of nitrogens with zero attached hydrogens (tertiary/aromatic N) is 3. The van der Waals surface area contributed by atoms with Crippen molar-refractivity contribution in [3.8, 4) is 0 Å². The number of nitro groups is 1. The minimum absolute atomic E-state index is 0.0727. The van der Waals surface area contributed by atoms with E-state index in [0.717, 1.165) is 4.68 Å². The molecule has 9 heteroatoms. The molecule has 0 unspecified atom stereocenters. The first-order chi connectivity index (χ1) is 7.99. The number of rotatable bonds is 5. The lowest BCUT2D eigenvalue weighted by atomic mass is 10.3. The Balaban J connectivity index is 3.20. The van der Waals surface area contributed by atoms with Crippen molar-refractivity contribution < 1.29 is 10.0 Å². The van der Waals surface area contributed by atoms with Crippen molar-refractivity contribution in [1.82, 2.24) is 9.78 Å². The van der Waals surface area contributed by atoms with E-state index < -0.39 is 16.3 Å². The van der Waals surface area contributed by atoms with Gasteiger partial charge in [0.1, 0.15) is 5.02 Å². The maximum Gasteiger partial charge on any atom is 0.413 e. The number of hydrogen-bond donors (Lipinski definition) is 2. The summed E-state index contributed by atoms with van der Waals surface area (Å²) in [5, 5.41) is 25.2. The zero-order valence-corrected chi connectivity index (χ0v) is 9.77. The summed E-state index contributed by atoms with van der Waals surface area (Å²) in [4.78, 5) is 21.5. The Labute approximate surface area is 101 Å². The smallest absolute Gasteiger partial charge is 0.396 e. The molecule has 0 aliphatic carbocycles. The quantitative estimate of drug-likeness (QED) is 0.443. The van der Waals surface area contributed by atoms with E-state index in [1.54, 1.807) is 0 Å². The Morgan fingerprint density at radius 1 is 1.65 bits per heavy atom. The number of hydrogen-bond acceptors (Lipinski definition) is 6. The Bertz CT molecular complexity index is 487. The van der Waals surface area contributed by atoms with Gasteiger partial charge in [0.2, 0.25) is 0 Å². The molecule has 0 saturated carbocycles. The fraction of sp³-hybridized carbons (Fsp3) is 0.500. The highest BCUT2D eigenvalue weighted by molar-refractivity contribution is 6.33. The molecule has 2 N–H and O–H groups in total. The third kappa shape index (κ3) is 2.92. The van der Waals surface area contributed by atoms with E-state index in [1.165, 1.54) is 7.05 Å². The molecule has 0 aliphatic rings. The Morgan fingerprint density at radius 3 is 2.82 bits per heavy atom. The molecule has 0 aromatic carbocycles. The van der Waals surface area contributed by atoms with Gasteiger partial charge in [0, 0.05) is 13.2 Å². The standard InChI is InChI=1S/C8H11ClN4O4/c1-12-8(15)5(9)6(10-3-2-4-14)7(11-12)13(16)17/h10,14H,2-4H2,1H3. The van der Waals surface area contributed by atoms with Gasteiger partial charge in [0.15, 0.2) is 5.69 Å². The van der Waals surface area contributed by atoms with Gasteiger partial charge in [-0.15, -0.1) is 4.68 Å². The molecule has 0 fully saturated rings. The maximum atomic E-state index is 11.5. The van der Waals surface area contributed by atoms with Gasteiger partial charge >= 0.3 is 11.4 Å². The number of aliphatic hydroxyl groups is 1. The van der Waals surface area contributed by atoms with Crippen LogP contribution in [0.1, 0.15) is 6.42 Å². The fourth-order valence-electron chi connectivity index (χ4n) is 1.16. The van der Waals surface area contributed by atoms with Gasteiger partial charge in [-0.25, -0.2) is 0 Å². The number of nitrogens with one attached hydrogen (secondary N) is 1. The first kappa shape index (κ1) is 13.4. The Hall–Kier alpha value is -1.67. The van der Waals surface area contributed by atoms with Gasteiger partial charge in [-0.3, -0.25) is 4.79 Å². The van der Waals surface area contributed by atoms with Crippen LogP contribution >= 0.6 is 11.6 Å². The van der Waals surface area contributed by atoms with Gasteiger partial charge in [0.05, 0.1) is 12.1 Å². The number of aromatic nitrogens is 2. The first-order valence-corrected chi connectivity index (χ1v) is 5.12. The second-order valence-corrected chi connectivity index (χ2v) is 3.58. The van der Waals surface area contributed by atoms with Crippen molar-refractivity contribution in [3.05, 3.63) is 25.5 Å². The zero-order chi connectivity index (χ0) is 13.0. The van der Waals surface area contributed by atoms with E-state index in [1.807, 2.05) is 0 Å². The van der Waals surface area contributed by atoms with Gasteiger partial charge in [-0.1, -0.05) is 11.6 Å². The molecular formula is C8H11ClN4O4. The summed E-state index contributed by atoms with van der Waals surface area (Å²) >= 11 is 5.72. The highest BCUT2D eigenvalue weighted by Gasteiger charge is 2.23. The molecule has 1 heterocycles. The lowest BCUT2D eigenvalue weighted by molar-refractivity contribution is -0.389. The van der Waals surface area contributed by atoms with Crippen molar-refractivity contribution in [2.75, 3.05) is 18.5 Å². The maximum absolute atomic E-state index is 11.5. The lowest BCUT2D eigenvalue weighted by Crippen LogP contribution is -2.23. The largest absolute Gasteiger partial charge is 0.413 e. The lowest BCUT2D eigenvalue weighted by Gasteiger charge is -2.07. The minimum Gasteiger partial charge on any atom is -0.396 e. The first-order valence-electron chi connectivity index (χ1n) is 4.75. The predicted octanol–water partition coefficient (Wildman–Crippen LogP) is 0.136. The van der Waals surface area contributed by atoms with Crippen LogP contribution in [-0.2, 0) is 7.05 Å². The number of halogens is 1. The molecular weight excluding hydrogens is 252 g/mol. The molecule has 1 rings (SSSR count). The van der Waals surface area contributed by atoms with Crippen LogP contribution in [0, 0.1) is 10.1 Å². The van der Waals surface area contributed by atoms with Gasteiger partial charge in [0.25, 0.3) is 0 Å². The van der Waals surface area contributed by atoms with Crippen LogP contribution < -0.4 is 10.9 Å². The van der Waals surface area contributed by atoms with Crippen molar-refractivity contribution in [2.45, 2.75) is 6.42 Å². The molecule has 0 saturated heterocycles. The van der Waals surface area contributed by atoms with Crippen LogP contribution in [-0.4, -0.2) is 33.0 Å². The monoisotopic (exact) mass is 262 g/mol. The second kappa shape index (κ2) is 5.60. The van der Waals surface area contributed by atoms with Gasteiger partial charge < -0.3 is 20.5 Å². The molecule has 8 nitrogen and oxygen atoms in total. The molecule has 94 valence electrons. The average Bonchev–Trinajstić information content (AvgIpc) is 2.28. The van der Waals surface area contributed by atoms with Crippen molar-refractivity contribution in [2.24, 2.45) is 7.05 Å². The van der Waals surface area contributed by atoms with Crippen LogP contribution in [0.15, 0.2) is 4.79 Å². The summed E-state index contributed by atoms with van der Waals surface area (Å²) < 4.78 is 0.803. The zero-order valence-electron chi connectivity index (χ0n) is 9.01. The average molecular weight is 263 g/mol. The van der Waals surface area contributed by atoms with E-state index in [4.69, 9.17) is 16.7 Å². The minimum atomic E-state index is -0.730. The Kier molecular flexibility index (Phi) is 4.41. The predicted molar refractivity (Wildman–Crippen MR) is 61.3 cm³/mol. The highest BCUT2D eigenvalue weighted by Crippen LogP contribution is 2.26. The summed E-state index contributed by atoms with van der Waals surface area (Å²) in [7, 11) is 1.28. The van der Waals surface area contributed by atoms with E-state index in [2.05, 4.69) is 10.4 Å². The van der Waals surface area contributed by atoms with Crippen LogP contribution in [0.25, 0.3) is 0 Å². The molecule has 17 heavy (non-hydrogen) atoms. The van der Waals surface area contributed by atoms with Crippen LogP contribution in [0.3, 0.4) is 0 Å². The molecule has 0 amide bonds. The fourth-order valence-corrected chi connectivity index (χ4v) is 1.44. The summed E-state index contributed by atoms with van der Waals surface area (Å²) in [6, 6.07) is 0. The summed E-state index contributed by atoms with van der Waals surface area (Å²) in [5.74, 6) is -0.518. The normalized spacial score (nSPS) is 10.3. The summed E-state index contributed by atoms with van der Waals surface area (Å²) in [6.45, 7) is 0.183. The SMILES string of the molecule is Cn1nc([N+](=O)[O-])c(NCCCO)c(Cl)c1=O. The number of aryl methyl sites for hydroxylation is 1. The topological polar surface area (TPSA) is 110 Å². The van der Waals surface area contributed by atoms with E-state index in [-0.39, 0.29) is 23.9 Å². The third-order valence-electron chi connectivity index (χ3n) is 1.98. The van der Waals surface area contributed by atoms with Crippen LogP contribution in [0.4, 0.5) is 11.5 Å². The molecule has 0 bridgehead atoms. The van der Waals surface area contributed by atoms with Gasteiger partial charge in [-0.05, 0) is 11.3 Å². The van der Waals surface area contributed by atoms with Crippen LogP contribution in [0.2, 0.25) is 5.02 Å². The third-order valence-corrected chi connectivity index (χ3v) is 2.33. The molecule has 0 spiro atoms.